The van der Waals surface area contributed by atoms with Crippen molar-refractivity contribution in [2.45, 2.75) is 13.3 Å². The van der Waals surface area contributed by atoms with Crippen molar-refractivity contribution in [1.82, 2.24) is 4.98 Å². The van der Waals surface area contributed by atoms with Gasteiger partial charge in [-0.1, -0.05) is 47.5 Å². The Morgan fingerprint density at radius 3 is 2.65 bits per heavy atom. The summed E-state index contributed by atoms with van der Waals surface area (Å²) in [6.45, 7) is 1.99. The van der Waals surface area contributed by atoms with Crippen molar-refractivity contribution in [2.24, 2.45) is 0 Å². The molecule has 0 aliphatic heterocycles. The summed E-state index contributed by atoms with van der Waals surface area (Å²) in [5.41, 5.74) is 2.80. The number of nitrogens with one attached hydrogen (secondary N) is 1. The Morgan fingerprint density at radius 1 is 1.17 bits per heavy atom. The summed E-state index contributed by atoms with van der Waals surface area (Å²) < 4.78 is 0. The maximum absolute atomic E-state index is 12.2. The summed E-state index contributed by atoms with van der Waals surface area (Å²) >= 11 is 7.63. The van der Waals surface area contributed by atoms with E-state index in [1.54, 1.807) is 6.20 Å². The molecule has 0 atom stereocenters. The summed E-state index contributed by atoms with van der Waals surface area (Å²) in [4.78, 5) is 17.5. The summed E-state index contributed by atoms with van der Waals surface area (Å²) in [6.07, 6.45) is 2.48. The molecule has 0 aliphatic carbocycles. The number of aryl methyl sites for hydroxylation is 1. The molecule has 2 aromatic carbocycles. The highest BCUT2D eigenvalue weighted by Gasteiger charge is 2.10. The molecule has 23 heavy (non-hydrogen) atoms. The number of carbonyl (C=O) groups excluding carboxylic acids is 1. The van der Waals surface area contributed by atoms with Crippen molar-refractivity contribution in [1.29, 1.82) is 0 Å². The largest absolute Gasteiger partial charge is 0.298 e. The molecule has 1 aromatic heterocycles. The van der Waals surface area contributed by atoms with Gasteiger partial charge in [0.25, 0.3) is 5.91 Å². The van der Waals surface area contributed by atoms with Gasteiger partial charge >= 0.3 is 0 Å². The van der Waals surface area contributed by atoms with Gasteiger partial charge in [-0.2, -0.15) is 0 Å². The summed E-state index contributed by atoms with van der Waals surface area (Å²) in [7, 11) is 0. The predicted molar refractivity (Wildman–Crippen MR) is 95.5 cm³/mol. The van der Waals surface area contributed by atoms with Crippen molar-refractivity contribution in [3.63, 3.8) is 0 Å². The lowest BCUT2D eigenvalue weighted by Crippen LogP contribution is -2.11. The van der Waals surface area contributed by atoms with Crippen molar-refractivity contribution in [2.75, 3.05) is 5.32 Å². The molecule has 0 bridgehead atoms. The minimum Gasteiger partial charge on any atom is -0.298 e. The Labute approximate surface area is 144 Å². The average molecular weight is 343 g/mol. The highest BCUT2D eigenvalue weighted by Crippen LogP contribution is 2.25. The van der Waals surface area contributed by atoms with E-state index >= 15 is 0 Å². The number of hydrogen-bond donors (Lipinski definition) is 1. The third-order valence-electron chi connectivity index (χ3n) is 3.41. The van der Waals surface area contributed by atoms with Gasteiger partial charge in [-0.15, -0.1) is 11.3 Å². The van der Waals surface area contributed by atoms with Crippen molar-refractivity contribution in [3.8, 4) is 0 Å². The van der Waals surface area contributed by atoms with E-state index < -0.39 is 0 Å². The molecule has 5 heteroatoms. The first-order valence-electron chi connectivity index (χ1n) is 7.18. The maximum atomic E-state index is 12.2. The van der Waals surface area contributed by atoms with E-state index in [0.717, 1.165) is 21.0 Å². The Bertz CT molecular complexity index is 827. The van der Waals surface area contributed by atoms with Crippen LogP contribution in [-0.4, -0.2) is 10.9 Å². The molecule has 3 rings (SSSR count). The van der Waals surface area contributed by atoms with Crippen LogP contribution in [0.3, 0.4) is 0 Å². The van der Waals surface area contributed by atoms with Gasteiger partial charge in [0.2, 0.25) is 0 Å². The van der Waals surface area contributed by atoms with Gasteiger partial charge in [0.05, 0.1) is 0 Å². The molecule has 0 spiro atoms. The third-order valence-corrected chi connectivity index (χ3v) is 4.69. The Kier molecular flexibility index (Phi) is 4.74. The number of rotatable bonds is 4. The fraction of sp³-hybridized carbons (Fsp3) is 0.111. The fourth-order valence-electron chi connectivity index (χ4n) is 2.15. The molecular formula is C18H15ClN2OS. The van der Waals surface area contributed by atoms with Crippen LogP contribution in [-0.2, 0) is 6.42 Å². The van der Waals surface area contributed by atoms with E-state index in [-0.39, 0.29) is 5.91 Å². The molecule has 0 aliphatic rings. The molecule has 1 heterocycles. The number of nitrogens with zero attached hydrogens (tertiary/aromatic N) is 1. The first-order chi connectivity index (χ1) is 11.1. The average Bonchev–Trinajstić information content (AvgIpc) is 2.97. The van der Waals surface area contributed by atoms with Gasteiger partial charge in [0.1, 0.15) is 0 Å². The number of carbonyl (C=O) groups is 1. The lowest BCUT2D eigenvalue weighted by Gasteiger charge is -2.02. The van der Waals surface area contributed by atoms with E-state index in [4.69, 9.17) is 11.6 Å². The number of hydrogen-bond acceptors (Lipinski definition) is 3. The van der Waals surface area contributed by atoms with Crippen LogP contribution < -0.4 is 5.32 Å². The van der Waals surface area contributed by atoms with Crippen molar-refractivity contribution >= 4 is 34.0 Å². The Morgan fingerprint density at radius 2 is 1.91 bits per heavy atom. The second kappa shape index (κ2) is 6.94. The van der Waals surface area contributed by atoms with E-state index in [2.05, 4.69) is 10.3 Å². The second-order valence-electron chi connectivity index (χ2n) is 5.22. The van der Waals surface area contributed by atoms with Crippen LogP contribution in [0, 0.1) is 6.92 Å². The van der Waals surface area contributed by atoms with E-state index in [0.29, 0.717) is 17.1 Å². The predicted octanol–water partition coefficient (Wildman–Crippen LogP) is 4.95. The zero-order valence-corrected chi connectivity index (χ0v) is 14.1. The number of amides is 1. The summed E-state index contributed by atoms with van der Waals surface area (Å²) in [6, 6.07) is 15.2. The number of benzene rings is 2. The van der Waals surface area contributed by atoms with Crippen LogP contribution in [0.1, 0.15) is 26.4 Å². The summed E-state index contributed by atoms with van der Waals surface area (Å²) in [5.74, 6) is -0.149. The first kappa shape index (κ1) is 15.7. The molecular weight excluding hydrogens is 328 g/mol. The highest BCUT2D eigenvalue weighted by molar-refractivity contribution is 7.15. The quantitative estimate of drug-likeness (QED) is 0.729. The topological polar surface area (TPSA) is 42.0 Å². The normalized spacial score (nSPS) is 10.5. The van der Waals surface area contributed by atoms with Crippen LogP contribution >= 0.6 is 22.9 Å². The van der Waals surface area contributed by atoms with Gasteiger partial charge in [-0.05, 0) is 30.7 Å². The molecule has 1 amide bonds. The van der Waals surface area contributed by atoms with Crippen molar-refractivity contribution in [3.05, 3.63) is 81.3 Å². The van der Waals surface area contributed by atoms with Crippen molar-refractivity contribution < 1.29 is 4.79 Å². The monoisotopic (exact) mass is 342 g/mol. The van der Waals surface area contributed by atoms with Crippen LogP contribution in [0.2, 0.25) is 5.02 Å². The van der Waals surface area contributed by atoms with Crippen LogP contribution in [0.25, 0.3) is 0 Å². The lowest BCUT2D eigenvalue weighted by molar-refractivity contribution is 0.102. The molecule has 0 saturated heterocycles. The maximum Gasteiger partial charge on any atom is 0.257 e. The van der Waals surface area contributed by atoms with E-state index in [1.165, 1.54) is 11.3 Å². The van der Waals surface area contributed by atoms with Crippen LogP contribution in [0.15, 0.2) is 54.7 Å². The summed E-state index contributed by atoms with van der Waals surface area (Å²) in [5, 5.41) is 4.17. The number of thiazole rings is 1. The van der Waals surface area contributed by atoms with Gasteiger partial charge in [-0.25, -0.2) is 4.98 Å². The van der Waals surface area contributed by atoms with Crippen LogP contribution in [0.5, 0.6) is 0 Å². The Balaban J connectivity index is 1.68. The molecule has 3 aromatic rings. The second-order valence-corrected chi connectivity index (χ2v) is 6.74. The molecule has 0 fully saturated rings. The van der Waals surface area contributed by atoms with Gasteiger partial charge < -0.3 is 0 Å². The number of aromatic nitrogens is 1. The fourth-order valence-corrected chi connectivity index (χ4v) is 3.18. The zero-order chi connectivity index (χ0) is 16.2. The van der Waals surface area contributed by atoms with Gasteiger partial charge in [-0.3, -0.25) is 10.1 Å². The Hall–Kier alpha value is -2.17. The van der Waals surface area contributed by atoms with E-state index in [9.17, 15) is 4.79 Å². The standard InChI is InChI=1S/C18H15ClN2OS/c1-12-6-8-13(9-7-12)17(22)21-18-20-11-15(23-18)10-14-4-2-3-5-16(14)19/h2-9,11H,10H2,1H3,(H,20,21,22). The van der Waals surface area contributed by atoms with E-state index in [1.807, 2.05) is 55.5 Å². The number of halogens is 1. The zero-order valence-electron chi connectivity index (χ0n) is 12.5. The van der Waals surface area contributed by atoms with Crippen LogP contribution in [0.4, 0.5) is 5.13 Å². The van der Waals surface area contributed by atoms with Gasteiger partial charge in [0.15, 0.2) is 5.13 Å². The third kappa shape index (κ3) is 3.97. The minimum absolute atomic E-state index is 0.149. The molecule has 0 radical (unpaired) electrons. The smallest absolute Gasteiger partial charge is 0.257 e. The molecule has 3 nitrogen and oxygen atoms in total. The molecule has 116 valence electrons. The van der Waals surface area contributed by atoms with Gasteiger partial charge in [0, 0.05) is 28.1 Å². The molecule has 0 unspecified atom stereocenters. The first-order valence-corrected chi connectivity index (χ1v) is 8.37. The lowest BCUT2D eigenvalue weighted by atomic mass is 10.1. The highest BCUT2D eigenvalue weighted by atomic mass is 35.5. The SMILES string of the molecule is Cc1ccc(C(=O)Nc2ncc(Cc3ccccc3Cl)s2)cc1. The minimum atomic E-state index is -0.149. The number of anilines is 1. The molecule has 1 N–H and O–H groups in total. The molecule has 0 saturated carbocycles.